The van der Waals surface area contributed by atoms with E-state index >= 15 is 0 Å². The number of aromatic nitrogens is 1. The van der Waals surface area contributed by atoms with E-state index < -0.39 is 0 Å². The van der Waals surface area contributed by atoms with Crippen LogP contribution in [0.3, 0.4) is 0 Å². The Kier molecular flexibility index (Phi) is 6.32. The predicted molar refractivity (Wildman–Crippen MR) is 120 cm³/mol. The molecule has 1 aromatic heterocycles. The Hall–Kier alpha value is -2.88. The molecule has 0 saturated carbocycles. The Labute approximate surface area is 178 Å². The predicted octanol–water partition coefficient (Wildman–Crippen LogP) is 3.73. The van der Waals surface area contributed by atoms with E-state index in [2.05, 4.69) is 64.3 Å². The molecule has 1 aliphatic heterocycles. The Morgan fingerprint density at radius 3 is 2.67 bits per heavy atom. The van der Waals surface area contributed by atoms with Crippen LogP contribution < -0.4 is 5.32 Å². The summed E-state index contributed by atoms with van der Waals surface area (Å²) in [6.07, 6.45) is 0.562. The number of nitrogens with zero attached hydrogens (tertiary/aromatic N) is 4. The van der Waals surface area contributed by atoms with Crippen molar-refractivity contribution in [3.8, 4) is 6.07 Å². The molecule has 1 N–H and O–H groups in total. The fraction of sp³-hybridized carbons (Fsp3) is 0.417. The van der Waals surface area contributed by atoms with Crippen molar-refractivity contribution in [2.45, 2.75) is 26.3 Å². The maximum Gasteiger partial charge on any atom is 0.232 e. The van der Waals surface area contributed by atoms with Crippen molar-refractivity contribution < 1.29 is 4.42 Å². The van der Waals surface area contributed by atoms with E-state index in [-0.39, 0.29) is 0 Å². The highest BCUT2D eigenvalue weighted by molar-refractivity contribution is 5.85. The average Bonchev–Trinajstić information content (AvgIpc) is 3.19. The number of hydrogen-bond acceptors (Lipinski definition) is 6. The lowest BCUT2D eigenvalue weighted by Crippen LogP contribution is -2.51. The van der Waals surface area contributed by atoms with E-state index in [1.807, 2.05) is 18.2 Å². The second kappa shape index (κ2) is 9.29. The number of piperazine rings is 1. The molecule has 2 aromatic carbocycles. The summed E-state index contributed by atoms with van der Waals surface area (Å²) in [5.74, 6) is 1.04. The smallest absolute Gasteiger partial charge is 0.232 e. The molecule has 6 heteroatoms. The molecule has 0 amide bonds. The summed E-state index contributed by atoms with van der Waals surface area (Å²) in [5.41, 5.74) is 1.47. The van der Waals surface area contributed by atoms with Crippen LogP contribution in [0.5, 0.6) is 0 Å². The quantitative estimate of drug-likeness (QED) is 0.648. The first kappa shape index (κ1) is 20.4. The van der Waals surface area contributed by atoms with E-state index in [1.165, 1.54) is 10.8 Å². The topological polar surface area (TPSA) is 68.3 Å². The molecule has 1 saturated heterocycles. The van der Waals surface area contributed by atoms with Gasteiger partial charge in [-0.25, -0.2) is 4.98 Å². The first-order valence-corrected chi connectivity index (χ1v) is 10.7. The Bertz CT molecular complexity index is 1020. The molecule has 0 bridgehead atoms. The molecule has 4 rings (SSSR count). The lowest BCUT2D eigenvalue weighted by Gasteiger charge is -2.37. The minimum absolute atomic E-state index is 0.327. The van der Waals surface area contributed by atoms with Gasteiger partial charge < -0.3 is 14.6 Å². The summed E-state index contributed by atoms with van der Waals surface area (Å²) >= 11 is 0. The number of fused-ring (bicyclic) bond motifs is 1. The summed E-state index contributed by atoms with van der Waals surface area (Å²) < 4.78 is 5.96. The first-order valence-electron chi connectivity index (χ1n) is 10.7. The number of likely N-dealkylation sites (N-methyl/N-ethyl adjacent to an activating group) is 1. The molecule has 1 fully saturated rings. The Morgan fingerprint density at radius 2 is 1.90 bits per heavy atom. The molecule has 0 unspecified atom stereocenters. The van der Waals surface area contributed by atoms with E-state index in [1.54, 1.807) is 0 Å². The van der Waals surface area contributed by atoms with Gasteiger partial charge in [-0.3, -0.25) is 4.90 Å². The molecule has 3 aromatic rings. The van der Waals surface area contributed by atoms with Crippen LogP contribution in [0.4, 0.5) is 5.88 Å². The number of oxazole rings is 1. The fourth-order valence-corrected chi connectivity index (χ4v) is 4.14. The van der Waals surface area contributed by atoms with Crippen molar-refractivity contribution >= 4 is 16.7 Å². The number of nitriles is 1. The largest absolute Gasteiger partial charge is 0.423 e. The third kappa shape index (κ3) is 4.48. The van der Waals surface area contributed by atoms with Gasteiger partial charge in [0, 0.05) is 38.8 Å². The van der Waals surface area contributed by atoms with Gasteiger partial charge in [-0.1, -0.05) is 49.4 Å². The van der Waals surface area contributed by atoms with E-state index in [4.69, 9.17) is 4.42 Å². The van der Waals surface area contributed by atoms with Gasteiger partial charge in [0.2, 0.25) is 17.5 Å². The summed E-state index contributed by atoms with van der Waals surface area (Å²) in [5, 5.41) is 15.2. The van der Waals surface area contributed by atoms with Crippen LogP contribution in [-0.2, 0) is 6.42 Å². The number of anilines is 1. The highest BCUT2D eigenvalue weighted by Crippen LogP contribution is 2.24. The molecular formula is C24H29N5O. The van der Waals surface area contributed by atoms with Crippen molar-refractivity contribution in [3.05, 3.63) is 59.6 Å². The van der Waals surface area contributed by atoms with Crippen molar-refractivity contribution in [2.75, 3.05) is 44.6 Å². The zero-order valence-electron chi connectivity index (χ0n) is 17.8. The molecule has 1 aliphatic rings. The maximum atomic E-state index is 9.51. The zero-order valence-corrected chi connectivity index (χ0v) is 17.8. The Balaban J connectivity index is 1.42. The van der Waals surface area contributed by atoms with Gasteiger partial charge in [-0.15, -0.1) is 0 Å². The van der Waals surface area contributed by atoms with E-state index in [9.17, 15) is 5.26 Å². The van der Waals surface area contributed by atoms with E-state index in [0.29, 0.717) is 29.9 Å². The lowest BCUT2D eigenvalue weighted by molar-refractivity contribution is 0.110. The normalized spacial score (nSPS) is 16.4. The molecule has 1 atom stereocenters. The van der Waals surface area contributed by atoms with Crippen molar-refractivity contribution in [2.24, 2.45) is 0 Å². The highest BCUT2D eigenvalue weighted by atomic mass is 16.4. The summed E-state index contributed by atoms with van der Waals surface area (Å²) in [4.78, 5) is 9.39. The minimum atomic E-state index is 0.327. The molecule has 0 spiro atoms. The molecular weight excluding hydrogens is 374 g/mol. The van der Waals surface area contributed by atoms with Crippen LogP contribution in [0.15, 0.2) is 46.9 Å². The molecule has 0 aliphatic carbocycles. The zero-order chi connectivity index (χ0) is 20.9. The number of nitrogens with one attached hydrogen (secondary N) is 1. The second-order valence-electron chi connectivity index (χ2n) is 7.91. The highest BCUT2D eigenvalue weighted by Gasteiger charge is 2.21. The Morgan fingerprint density at radius 1 is 1.13 bits per heavy atom. The van der Waals surface area contributed by atoms with Crippen LogP contribution in [0.1, 0.15) is 31.0 Å². The standard InChI is InChI=1S/C24H29N5O/c1-3-28-11-13-29(14-12-28)18(2)17-26-24-22(16-25)27-23(30-24)15-20-9-6-8-19-7-4-5-10-21(19)20/h4-10,18,26H,3,11-15,17H2,1-2H3/t18-/m1/s1. The van der Waals surface area contributed by atoms with Crippen LogP contribution in [0.2, 0.25) is 0 Å². The second-order valence-corrected chi connectivity index (χ2v) is 7.91. The van der Waals surface area contributed by atoms with Crippen LogP contribution in [0.25, 0.3) is 10.8 Å². The SMILES string of the molecule is CCN1CCN([C@H](C)CNc2oc(Cc3cccc4ccccc34)nc2C#N)CC1. The summed E-state index contributed by atoms with van der Waals surface area (Å²) in [6, 6.07) is 17.1. The summed E-state index contributed by atoms with van der Waals surface area (Å²) in [7, 11) is 0. The summed E-state index contributed by atoms with van der Waals surface area (Å²) in [6.45, 7) is 10.6. The molecule has 0 radical (unpaired) electrons. The first-order chi connectivity index (χ1) is 14.7. The van der Waals surface area contributed by atoms with Gasteiger partial charge in [0.05, 0.1) is 6.42 Å². The molecule has 2 heterocycles. The maximum absolute atomic E-state index is 9.51. The van der Waals surface area contributed by atoms with Gasteiger partial charge in [0.15, 0.2) is 0 Å². The third-order valence-corrected chi connectivity index (χ3v) is 6.03. The van der Waals surface area contributed by atoms with Gasteiger partial charge in [0.25, 0.3) is 0 Å². The number of benzene rings is 2. The van der Waals surface area contributed by atoms with Gasteiger partial charge in [0.1, 0.15) is 6.07 Å². The van der Waals surface area contributed by atoms with Crippen LogP contribution in [-0.4, -0.2) is 60.1 Å². The van der Waals surface area contributed by atoms with Crippen molar-refractivity contribution in [3.63, 3.8) is 0 Å². The number of rotatable bonds is 7. The lowest BCUT2D eigenvalue weighted by atomic mass is 10.0. The average molecular weight is 404 g/mol. The van der Waals surface area contributed by atoms with Crippen molar-refractivity contribution in [1.82, 2.24) is 14.8 Å². The van der Waals surface area contributed by atoms with Gasteiger partial charge >= 0.3 is 0 Å². The third-order valence-electron chi connectivity index (χ3n) is 6.03. The van der Waals surface area contributed by atoms with Crippen LogP contribution in [0, 0.1) is 11.3 Å². The van der Waals surface area contributed by atoms with Crippen LogP contribution >= 0.6 is 0 Å². The number of hydrogen-bond donors (Lipinski definition) is 1. The molecule has 156 valence electrons. The van der Waals surface area contributed by atoms with Crippen molar-refractivity contribution in [1.29, 1.82) is 5.26 Å². The van der Waals surface area contributed by atoms with Gasteiger partial charge in [-0.05, 0) is 29.8 Å². The molecule has 30 heavy (non-hydrogen) atoms. The minimum Gasteiger partial charge on any atom is -0.423 e. The van der Waals surface area contributed by atoms with Gasteiger partial charge in [-0.2, -0.15) is 5.26 Å². The van der Waals surface area contributed by atoms with E-state index in [0.717, 1.165) is 44.8 Å². The monoisotopic (exact) mass is 403 g/mol. The fourth-order valence-electron chi connectivity index (χ4n) is 4.14. The molecule has 6 nitrogen and oxygen atoms in total.